The van der Waals surface area contributed by atoms with Crippen LogP contribution >= 0.6 is 0 Å². The molecule has 1 aliphatic heterocycles. The van der Waals surface area contributed by atoms with Gasteiger partial charge in [0.25, 0.3) is 0 Å². The Morgan fingerprint density at radius 1 is 0.864 bits per heavy atom. The fourth-order valence-electron chi connectivity index (χ4n) is 5.96. The van der Waals surface area contributed by atoms with E-state index in [4.69, 9.17) is 10.7 Å². The molecule has 2 aromatic carbocycles. The summed E-state index contributed by atoms with van der Waals surface area (Å²) in [6, 6.07) is 7.83. The van der Waals surface area contributed by atoms with E-state index in [0.717, 1.165) is 24.4 Å². The molecular weight excluding hydrogens is 577 g/mol. The lowest BCUT2D eigenvalue weighted by Crippen LogP contribution is -2.40. The summed E-state index contributed by atoms with van der Waals surface area (Å²) in [7, 11) is 0. The number of pyridine rings is 2. The van der Waals surface area contributed by atoms with Gasteiger partial charge in [-0.3, -0.25) is 4.98 Å². The number of rotatable bonds is 5. The van der Waals surface area contributed by atoms with Crippen molar-refractivity contribution in [3.63, 3.8) is 0 Å². The largest absolute Gasteiger partial charge is 0.370 e. The van der Waals surface area contributed by atoms with Crippen LogP contribution in [0, 0.1) is 29.1 Å². The molecule has 1 aliphatic rings. The number of aromatic amines is 1. The minimum atomic E-state index is -1.03. The predicted molar refractivity (Wildman–Crippen MR) is 158 cm³/mol. The summed E-state index contributed by atoms with van der Waals surface area (Å²) in [6.07, 6.45) is 5.89. The van der Waals surface area contributed by atoms with Gasteiger partial charge < -0.3 is 20.2 Å². The Balaban J connectivity index is 1.54. The predicted octanol–water partition coefficient (Wildman–Crippen LogP) is 6.87. The quantitative estimate of drug-likeness (QED) is 0.210. The van der Waals surface area contributed by atoms with Crippen molar-refractivity contribution in [2.45, 2.75) is 31.8 Å². The molecule has 7 nitrogen and oxygen atoms in total. The summed E-state index contributed by atoms with van der Waals surface area (Å²) in [6.45, 7) is 3.02. The molecular formula is C32H26F5N7. The highest BCUT2D eigenvalue weighted by Gasteiger charge is 2.29. The second-order valence-electron chi connectivity index (χ2n) is 11.1. The van der Waals surface area contributed by atoms with E-state index in [0.29, 0.717) is 70.9 Å². The number of aromatic nitrogens is 5. The Bertz CT molecular complexity index is 1970. The van der Waals surface area contributed by atoms with Crippen molar-refractivity contribution in [2.24, 2.45) is 5.73 Å². The maximum atomic E-state index is 14.5. The van der Waals surface area contributed by atoms with Crippen LogP contribution in [0.1, 0.15) is 31.5 Å². The van der Waals surface area contributed by atoms with E-state index in [1.165, 1.54) is 18.2 Å². The van der Waals surface area contributed by atoms with Crippen LogP contribution in [-0.2, 0) is 0 Å². The summed E-state index contributed by atoms with van der Waals surface area (Å²) >= 11 is 0. The first-order chi connectivity index (χ1) is 21.2. The van der Waals surface area contributed by atoms with Crippen LogP contribution in [0.4, 0.5) is 27.6 Å². The smallest absolute Gasteiger partial charge is 0.161 e. The van der Waals surface area contributed by atoms with Gasteiger partial charge in [-0.15, -0.1) is 0 Å². The monoisotopic (exact) mass is 603 g/mol. The molecule has 44 heavy (non-hydrogen) atoms. The molecule has 1 saturated heterocycles. The highest BCUT2D eigenvalue weighted by atomic mass is 19.2. The Kier molecular flexibility index (Phi) is 6.80. The number of H-pyrrole nitrogens is 1. The molecule has 0 saturated carbocycles. The third kappa shape index (κ3) is 4.84. The van der Waals surface area contributed by atoms with Crippen molar-refractivity contribution >= 4 is 27.8 Å². The van der Waals surface area contributed by atoms with Crippen molar-refractivity contribution in [2.75, 3.05) is 18.0 Å². The molecule has 5 heterocycles. The van der Waals surface area contributed by atoms with Gasteiger partial charge in [-0.1, -0.05) is 0 Å². The van der Waals surface area contributed by atoms with E-state index >= 15 is 0 Å². The van der Waals surface area contributed by atoms with Crippen molar-refractivity contribution in [1.29, 1.82) is 0 Å². The molecule has 7 rings (SSSR count). The first-order valence-corrected chi connectivity index (χ1v) is 14.1. The van der Waals surface area contributed by atoms with Gasteiger partial charge in [-0.25, -0.2) is 31.9 Å². The fourth-order valence-corrected chi connectivity index (χ4v) is 5.96. The van der Waals surface area contributed by atoms with E-state index in [9.17, 15) is 22.0 Å². The van der Waals surface area contributed by atoms with Gasteiger partial charge in [0.1, 0.15) is 28.9 Å². The van der Waals surface area contributed by atoms with Crippen LogP contribution in [0.25, 0.3) is 44.6 Å². The van der Waals surface area contributed by atoms with Crippen molar-refractivity contribution in [3.05, 3.63) is 95.8 Å². The third-order valence-electron chi connectivity index (χ3n) is 8.22. The van der Waals surface area contributed by atoms with E-state index in [-0.39, 0.29) is 17.1 Å². The zero-order chi connectivity index (χ0) is 30.7. The van der Waals surface area contributed by atoms with Crippen LogP contribution in [-0.4, -0.2) is 43.6 Å². The minimum absolute atomic E-state index is 0.00690. The van der Waals surface area contributed by atoms with Gasteiger partial charge in [0.15, 0.2) is 11.6 Å². The van der Waals surface area contributed by atoms with Gasteiger partial charge in [-0.05, 0) is 49.6 Å². The number of anilines is 1. The number of hydrogen-bond donors (Lipinski definition) is 2. The molecule has 1 unspecified atom stereocenters. The maximum Gasteiger partial charge on any atom is 0.161 e. The Labute approximate surface area is 248 Å². The van der Waals surface area contributed by atoms with Gasteiger partial charge in [0, 0.05) is 60.9 Å². The second kappa shape index (κ2) is 10.7. The summed E-state index contributed by atoms with van der Waals surface area (Å²) in [5, 5.41) is 0.608. The van der Waals surface area contributed by atoms with E-state index in [1.54, 1.807) is 18.5 Å². The van der Waals surface area contributed by atoms with Gasteiger partial charge >= 0.3 is 0 Å². The van der Waals surface area contributed by atoms with Crippen molar-refractivity contribution in [3.8, 4) is 22.5 Å². The van der Waals surface area contributed by atoms with Crippen molar-refractivity contribution < 1.29 is 22.0 Å². The molecule has 0 aliphatic carbocycles. The SMILES string of the molecule is CC(c1ccc(F)cn1)n1cc(-c2nc3cc(F)c(F)cc3[nH]2)c2c(N3CCC(N)CC3)c(-c3cc(F)cc(F)c3)cnc21. The second-order valence-corrected chi connectivity index (χ2v) is 11.1. The number of fused-ring (bicyclic) bond motifs is 2. The zero-order valence-electron chi connectivity index (χ0n) is 23.5. The average Bonchev–Trinajstić information content (AvgIpc) is 3.58. The van der Waals surface area contributed by atoms with Gasteiger partial charge in [0.2, 0.25) is 0 Å². The highest BCUT2D eigenvalue weighted by Crippen LogP contribution is 2.44. The van der Waals surface area contributed by atoms with Crippen LogP contribution < -0.4 is 10.6 Å². The summed E-state index contributed by atoms with van der Waals surface area (Å²) in [4.78, 5) is 18.9. The normalized spacial score (nSPS) is 15.0. The molecule has 3 N–H and O–H groups in total. The molecule has 6 aromatic rings. The lowest BCUT2D eigenvalue weighted by Gasteiger charge is -2.34. The Morgan fingerprint density at radius 2 is 1.59 bits per heavy atom. The van der Waals surface area contributed by atoms with E-state index in [2.05, 4.69) is 19.9 Å². The summed E-state index contributed by atoms with van der Waals surface area (Å²) in [5.74, 6) is -3.68. The molecule has 12 heteroatoms. The number of piperidine rings is 1. The highest BCUT2D eigenvalue weighted by molar-refractivity contribution is 6.07. The Hall–Kier alpha value is -4.84. The van der Waals surface area contributed by atoms with Crippen LogP contribution in [0.3, 0.4) is 0 Å². The number of nitrogens with zero attached hydrogens (tertiary/aromatic N) is 5. The average molecular weight is 604 g/mol. The number of nitrogens with one attached hydrogen (secondary N) is 1. The van der Waals surface area contributed by atoms with Crippen molar-refractivity contribution in [1.82, 2.24) is 24.5 Å². The van der Waals surface area contributed by atoms with Crippen LogP contribution in [0.15, 0.2) is 61.1 Å². The minimum Gasteiger partial charge on any atom is -0.370 e. The fraction of sp³-hybridized carbons (Fsp3) is 0.219. The molecule has 0 bridgehead atoms. The molecule has 0 spiro atoms. The number of imidazole rings is 1. The van der Waals surface area contributed by atoms with Gasteiger partial charge in [0.05, 0.1) is 40.0 Å². The molecule has 224 valence electrons. The first kappa shape index (κ1) is 28.0. The molecule has 0 amide bonds. The number of halogens is 5. The lowest BCUT2D eigenvalue weighted by molar-refractivity contribution is 0.502. The summed E-state index contributed by atoms with van der Waals surface area (Å²) < 4.78 is 72.8. The van der Waals surface area contributed by atoms with E-state index in [1.807, 2.05) is 11.5 Å². The Morgan fingerprint density at radius 3 is 2.30 bits per heavy atom. The number of nitrogens with two attached hydrogens (primary N) is 1. The lowest BCUT2D eigenvalue weighted by atomic mass is 9.98. The van der Waals surface area contributed by atoms with Crippen LogP contribution in [0.2, 0.25) is 0 Å². The van der Waals surface area contributed by atoms with E-state index < -0.39 is 35.1 Å². The first-order valence-electron chi connectivity index (χ1n) is 14.1. The molecule has 4 aromatic heterocycles. The molecule has 1 atom stereocenters. The van der Waals surface area contributed by atoms with Crippen LogP contribution in [0.5, 0.6) is 0 Å². The topological polar surface area (TPSA) is 88.7 Å². The number of benzene rings is 2. The molecule has 0 radical (unpaired) electrons. The maximum absolute atomic E-state index is 14.5. The zero-order valence-corrected chi connectivity index (χ0v) is 23.5. The summed E-state index contributed by atoms with van der Waals surface area (Å²) in [5.41, 5.74) is 9.79. The standard InChI is InChI=1S/C32H26F5N7/c1-16(26-3-2-18(33)13-39-26)44-15-23(31-41-27-11-24(36)25(37)12-28(27)42-31)29-30(43-6-4-21(38)5-7-43)22(14-40-32(29)44)17-8-19(34)10-20(35)9-17/h2-3,8-16,21H,4-7,38H2,1H3,(H,41,42). The molecule has 1 fully saturated rings. The number of hydrogen-bond acceptors (Lipinski definition) is 5. The third-order valence-corrected chi connectivity index (χ3v) is 8.22. The van der Waals surface area contributed by atoms with Gasteiger partial charge in [-0.2, -0.15) is 0 Å².